The van der Waals surface area contributed by atoms with Crippen LogP contribution < -0.4 is 5.32 Å². The van der Waals surface area contributed by atoms with E-state index in [9.17, 15) is 9.59 Å². The highest BCUT2D eigenvalue weighted by Crippen LogP contribution is 2.39. The Kier molecular flexibility index (Phi) is 5.88. The maximum atomic E-state index is 12.7. The standard InChI is InChI=1S/C20H33N3O4/c24-18(17-1-2-17)21-7-3-16-4-12-27-20(15-16)5-8-22(9-6-20)19(25)23-10-13-26-14-11-23/h16-17H,1-15H2,(H,21,24). The van der Waals surface area contributed by atoms with E-state index in [4.69, 9.17) is 9.47 Å². The molecule has 0 aromatic rings. The molecule has 1 saturated carbocycles. The number of nitrogens with zero attached hydrogens (tertiary/aromatic N) is 2. The van der Waals surface area contributed by atoms with Crippen molar-refractivity contribution >= 4 is 11.9 Å². The highest BCUT2D eigenvalue weighted by Gasteiger charge is 2.41. The molecule has 4 rings (SSSR count). The fourth-order valence-corrected chi connectivity index (χ4v) is 4.67. The fourth-order valence-electron chi connectivity index (χ4n) is 4.67. The van der Waals surface area contributed by atoms with Gasteiger partial charge in [-0.3, -0.25) is 4.79 Å². The van der Waals surface area contributed by atoms with Gasteiger partial charge in [0, 0.05) is 45.2 Å². The molecule has 0 aromatic carbocycles. The van der Waals surface area contributed by atoms with Gasteiger partial charge in [-0.15, -0.1) is 0 Å². The predicted molar refractivity (Wildman–Crippen MR) is 100 cm³/mol. The van der Waals surface area contributed by atoms with Gasteiger partial charge in [0.1, 0.15) is 0 Å². The number of nitrogens with one attached hydrogen (secondary N) is 1. The van der Waals surface area contributed by atoms with Crippen LogP contribution >= 0.6 is 0 Å². The Balaban J connectivity index is 1.22. The second-order valence-electron chi connectivity index (χ2n) is 8.61. The summed E-state index contributed by atoms with van der Waals surface area (Å²) in [6.07, 6.45) is 7.16. The quantitative estimate of drug-likeness (QED) is 0.806. The molecular formula is C20H33N3O4. The number of ether oxygens (including phenoxy) is 2. The van der Waals surface area contributed by atoms with Gasteiger partial charge in [0.2, 0.25) is 5.91 Å². The van der Waals surface area contributed by atoms with E-state index < -0.39 is 0 Å². The molecule has 7 heteroatoms. The van der Waals surface area contributed by atoms with Crippen LogP contribution in [0.25, 0.3) is 0 Å². The summed E-state index contributed by atoms with van der Waals surface area (Å²) >= 11 is 0. The Bertz CT molecular complexity index is 537. The third kappa shape index (κ3) is 4.74. The van der Waals surface area contributed by atoms with Crippen LogP contribution in [0.15, 0.2) is 0 Å². The largest absolute Gasteiger partial charge is 0.378 e. The molecule has 4 aliphatic rings. The molecule has 4 fully saturated rings. The molecule has 0 radical (unpaired) electrons. The van der Waals surface area contributed by atoms with Gasteiger partial charge >= 0.3 is 6.03 Å². The van der Waals surface area contributed by atoms with Gasteiger partial charge in [-0.25, -0.2) is 4.79 Å². The fraction of sp³-hybridized carbons (Fsp3) is 0.900. The van der Waals surface area contributed by atoms with Crippen LogP contribution in [0.5, 0.6) is 0 Å². The van der Waals surface area contributed by atoms with E-state index in [1.807, 2.05) is 9.80 Å². The van der Waals surface area contributed by atoms with E-state index in [1.54, 1.807) is 0 Å². The second-order valence-corrected chi connectivity index (χ2v) is 8.61. The molecule has 1 N–H and O–H groups in total. The minimum absolute atomic E-state index is 0.0643. The first-order valence-corrected chi connectivity index (χ1v) is 10.7. The number of hydrogen-bond acceptors (Lipinski definition) is 4. The van der Waals surface area contributed by atoms with Crippen LogP contribution in [0.2, 0.25) is 0 Å². The van der Waals surface area contributed by atoms with Crippen molar-refractivity contribution in [3.63, 3.8) is 0 Å². The van der Waals surface area contributed by atoms with Crippen LogP contribution in [-0.2, 0) is 14.3 Å². The molecule has 0 aromatic heterocycles. The van der Waals surface area contributed by atoms with Gasteiger partial charge in [-0.2, -0.15) is 0 Å². The highest BCUT2D eigenvalue weighted by molar-refractivity contribution is 5.80. The lowest BCUT2D eigenvalue weighted by Gasteiger charge is -2.47. The normalized spacial score (nSPS) is 28.2. The van der Waals surface area contributed by atoms with Gasteiger partial charge in [0.15, 0.2) is 0 Å². The summed E-state index contributed by atoms with van der Waals surface area (Å²) in [6.45, 7) is 5.84. The third-order valence-electron chi connectivity index (χ3n) is 6.62. The maximum absolute atomic E-state index is 12.7. The van der Waals surface area contributed by atoms with Gasteiger partial charge in [0.25, 0.3) is 0 Å². The molecule has 27 heavy (non-hydrogen) atoms. The molecule has 1 atom stereocenters. The lowest BCUT2D eigenvalue weighted by molar-refractivity contribution is -0.126. The number of urea groups is 1. The van der Waals surface area contributed by atoms with Crippen molar-refractivity contribution in [3.8, 4) is 0 Å². The first kappa shape index (κ1) is 19.0. The Morgan fingerprint density at radius 1 is 0.963 bits per heavy atom. The average molecular weight is 380 g/mol. The van der Waals surface area contributed by atoms with Crippen molar-refractivity contribution in [2.75, 3.05) is 52.5 Å². The molecule has 3 heterocycles. The number of carbonyl (C=O) groups excluding carboxylic acids is 2. The lowest BCUT2D eigenvalue weighted by atomic mass is 9.78. The Labute approximate surface area is 161 Å². The Morgan fingerprint density at radius 3 is 2.37 bits per heavy atom. The van der Waals surface area contributed by atoms with Crippen molar-refractivity contribution in [3.05, 3.63) is 0 Å². The molecule has 0 bridgehead atoms. The van der Waals surface area contributed by atoms with Crippen LogP contribution in [0, 0.1) is 11.8 Å². The molecule has 1 aliphatic carbocycles. The van der Waals surface area contributed by atoms with Gasteiger partial charge < -0.3 is 24.6 Å². The summed E-state index contributed by atoms with van der Waals surface area (Å²) in [4.78, 5) is 28.4. The number of rotatable bonds is 4. The molecule has 3 saturated heterocycles. The molecule has 1 unspecified atom stereocenters. The van der Waals surface area contributed by atoms with Crippen LogP contribution in [0.1, 0.15) is 44.9 Å². The minimum Gasteiger partial charge on any atom is -0.378 e. The van der Waals surface area contributed by atoms with Gasteiger partial charge in [-0.05, 0) is 50.9 Å². The zero-order valence-electron chi connectivity index (χ0n) is 16.3. The van der Waals surface area contributed by atoms with E-state index in [-0.39, 0.29) is 17.5 Å². The number of piperidine rings is 1. The van der Waals surface area contributed by atoms with E-state index in [0.717, 1.165) is 71.2 Å². The van der Waals surface area contributed by atoms with Crippen molar-refractivity contribution in [2.45, 2.75) is 50.5 Å². The predicted octanol–water partition coefficient (Wildman–Crippen LogP) is 1.62. The van der Waals surface area contributed by atoms with Crippen LogP contribution in [0.3, 0.4) is 0 Å². The summed E-state index contributed by atoms with van der Waals surface area (Å²) in [5, 5.41) is 3.09. The zero-order chi connectivity index (χ0) is 18.7. The van der Waals surface area contributed by atoms with E-state index >= 15 is 0 Å². The first-order chi connectivity index (χ1) is 13.2. The van der Waals surface area contributed by atoms with Crippen LogP contribution in [0.4, 0.5) is 4.79 Å². The van der Waals surface area contributed by atoms with Crippen molar-refractivity contribution in [1.82, 2.24) is 15.1 Å². The summed E-state index contributed by atoms with van der Waals surface area (Å²) in [6, 6.07) is 0.156. The van der Waals surface area contributed by atoms with Crippen molar-refractivity contribution in [2.24, 2.45) is 11.8 Å². The average Bonchev–Trinajstić information content (AvgIpc) is 3.54. The second kappa shape index (κ2) is 8.35. The van der Waals surface area contributed by atoms with Gasteiger partial charge in [0.05, 0.1) is 18.8 Å². The van der Waals surface area contributed by atoms with E-state index in [0.29, 0.717) is 38.1 Å². The lowest BCUT2D eigenvalue weighted by Crippen LogP contribution is -2.55. The molecule has 3 amide bonds. The van der Waals surface area contributed by atoms with E-state index in [2.05, 4.69) is 5.32 Å². The topological polar surface area (TPSA) is 71.1 Å². The number of morpholine rings is 1. The Morgan fingerprint density at radius 2 is 1.67 bits per heavy atom. The SMILES string of the molecule is O=C(NCCC1CCOC2(CCN(C(=O)N3CCOCC3)CC2)C1)C1CC1. The molecule has 1 spiro atoms. The minimum atomic E-state index is -0.0643. The number of carbonyl (C=O) groups is 2. The number of amides is 3. The summed E-state index contributed by atoms with van der Waals surface area (Å²) in [5.41, 5.74) is -0.0643. The third-order valence-corrected chi connectivity index (χ3v) is 6.62. The van der Waals surface area contributed by atoms with Crippen LogP contribution in [-0.4, -0.2) is 79.9 Å². The Hall–Kier alpha value is -1.34. The molecular weight excluding hydrogens is 346 g/mol. The zero-order valence-corrected chi connectivity index (χ0v) is 16.3. The smallest absolute Gasteiger partial charge is 0.320 e. The molecule has 3 aliphatic heterocycles. The molecule has 7 nitrogen and oxygen atoms in total. The summed E-state index contributed by atoms with van der Waals surface area (Å²) in [5.74, 6) is 1.14. The maximum Gasteiger partial charge on any atom is 0.320 e. The van der Waals surface area contributed by atoms with E-state index in [1.165, 1.54) is 0 Å². The number of hydrogen-bond donors (Lipinski definition) is 1. The first-order valence-electron chi connectivity index (χ1n) is 10.7. The highest BCUT2D eigenvalue weighted by atomic mass is 16.5. The summed E-state index contributed by atoms with van der Waals surface area (Å²) < 4.78 is 11.6. The number of likely N-dealkylation sites (tertiary alicyclic amines) is 1. The van der Waals surface area contributed by atoms with Crippen molar-refractivity contribution in [1.29, 1.82) is 0 Å². The summed E-state index contributed by atoms with van der Waals surface area (Å²) in [7, 11) is 0. The van der Waals surface area contributed by atoms with Gasteiger partial charge in [-0.1, -0.05) is 0 Å². The van der Waals surface area contributed by atoms with Crippen molar-refractivity contribution < 1.29 is 19.1 Å². The molecule has 152 valence electrons. The monoisotopic (exact) mass is 379 g/mol.